The highest BCUT2D eigenvalue weighted by Gasteiger charge is 2.25. The number of rotatable bonds is 4. The van der Waals surface area contributed by atoms with Crippen LogP contribution in [0.5, 0.6) is 0 Å². The van der Waals surface area contributed by atoms with Gasteiger partial charge in [0.25, 0.3) is 0 Å². The lowest BCUT2D eigenvalue weighted by Crippen LogP contribution is -2.39. The highest BCUT2D eigenvalue weighted by Crippen LogP contribution is 2.40. The summed E-state index contributed by atoms with van der Waals surface area (Å²) in [6, 6.07) is 4.48. The number of nitrogens with one attached hydrogen (secondary N) is 1. The second-order valence-corrected chi connectivity index (χ2v) is 8.61. The van der Waals surface area contributed by atoms with Crippen LogP contribution in [0.4, 0.5) is 5.82 Å². The van der Waals surface area contributed by atoms with Crippen LogP contribution < -0.4 is 5.32 Å². The number of anilines is 1. The van der Waals surface area contributed by atoms with Crippen LogP contribution in [0, 0.1) is 0 Å². The lowest BCUT2D eigenvalue weighted by molar-refractivity contribution is 0.229. The topological polar surface area (TPSA) is 53.9 Å². The van der Waals surface area contributed by atoms with Crippen LogP contribution in [0.15, 0.2) is 24.5 Å². The number of aryl methyl sites for hydroxylation is 2. The fraction of sp³-hybridized carbons (Fsp3) is 0.476. The molecule has 2 aliphatic rings. The molecular weight excluding hydrogens is 354 g/mol. The van der Waals surface area contributed by atoms with Crippen molar-refractivity contribution in [3.63, 3.8) is 0 Å². The maximum Gasteiger partial charge on any atom is 0.164 e. The number of hydrogen-bond acceptors (Lipinski definition) is 6. The number of piperidine rings is 1. The predicted octanol–water partition coefficient (Wildman–Crippen LogP) is 4.14. The van der Waals surface area contributed by atoms with Gasteiger partial charge in [-0.3, -0.25) is 4.98 Å². The van der Waals surface area contributed by atoms with E-state index in [-0.39, 0.29) is 0 Å². The van der Waals surface area contributed by atoms with Gasteiger partial charge in [-0.15, -0.1) is 11.3 Å². The zero-order valence-electron chi connectivity index (χ0n) is 15.7. The van der Waals surface area contributed by atoms with Crippen molar-refractivity contribution in [2.24, 2.45) is 0 Å². The number of pyridine rings is 1. The van der Waals surface area contributed by atoms with Gasteiger partial charge in [-0.2, -0.15) is 0 Å². The molecule has 140 valence electrons. The average molecular weight is 380 g/mol. The van der Waals surface area contributed by atoms with Crippen molar-refractivity contribution in [1.29, 1.82) is 0 Å². The van der Waals surface area contributed by atoms with Gasteiger partial charge in [0.2, 0.25) is 0 Å². The number of thiophene rings is 1. The Hall–Kier alpha value is -2.05. The van der Waals surface area contributed by atoms with Crippen LogP contribution in [0.3, 0.4) is 0 Å². The maximum absolute atomic E-state index is 4.98. The summed E-state index contributed by atoms with van der Waals surface area (Å²) < 4.78 is 0. The molecule has 4 heterocycles. The first kappa shape index (κ1) is 17.1. The van der Waals surface area contributed by atoms with Crippen LogP contribution in [-0.4, -0.2) is 45.5 Å². The van der Waals surface area contributed by atoms with Crippen molar-refractivity contribution < 1.29 is 0 Å². The van der Waals surface area contributed by atoms with E-state index in [1.54, 1.807) is 6.20 Å². The van der Waals surface area contributed by atoms with Crippen LogP contribution in [-0.2, 0) is 12.8 Å². The van der Waals surface area contributed by atoms with Gasteiger partial charge in [-0.1, -0.05) is 6.92 Å². The molecule has 3 aromatic rings. The third kappa shape index (κ3) is 3.21. The summed E-state index contributed by atoms with van der Waals surface area (Å²) in [7, 11) is 0. The first-order chi connectivity index (χ1) is 13.3. The van der Waals surface area contributed by atoms with E-state index in [0.29, 0.717) is 6.04 Å². The molecule has 5 nitrogen and oxygen atoms in total. The Balaban J connectivity index is 1.54. The van der Waals surface area contributed by atoms with Crippen molar-refractivity contribution in [3.8, 4) is 11.4 Å². The summed E-state index contributed by atoms with van der Waals surface area (Å²) >= 11 is 1.86. The van der Waals surface area contributed by atoms with Crippen LogP contribution >= 0.6 is 11.3 Å². The van der Waals surface area contributed by atoms with E-state index >= 15 is 0 Å². The molecule has 5 rings (SSSR count). The fourth-order valence-corrected chi connectivity index (χ4v) is 5.57. The molecule has 3 aromatic heterocycles. The predicted molar refractivity (Wildman–Crippen MR) is 111 cm³/mol. The Morgan fingerprint density at radius 2 is 2.11 bits per heavy atom. The van der Waals surface area contributed by atoms with E-state index in [0.717, 1.165) is 35.0 Å². The summed E-state index contributed by atoms with van der Waals surface area (Å²) in [6.45, 7) is 5.73. The molecule has 1 fully saturated rings. The third-order valence-electron chi connectivity index (χ3n) is 5.86. The van der Waals surface area contributed by atoms with E-state index in [1.807, 2.05) is 29.7 Å². The lowest BCUT2D eigenvalue weighted by atomic mass is 10.0. The Morgan fingerprint density at radius 3 is 2.89 bits per heavy atom. The average Bonchev–Trinajstić information content (AvgIpc) is 3.30. The zero-order valence-corrected chi connectivity index (χ0v) is 16.6. The van der Waals surface area contributed by atoms with Gasteiger partial charge in [0, 0.05) is 42.0 Å². The molecule has 0 atom stereocenters. The number of likely N-dealkylation sites (tertiary alicyclic amines) is 1. The van der Waals surface area contributed by atoms with Crippen LogP contribution in [0.25, 0.3) is 21.6 Å². The minimum absolute atomic E-state index is 0.490. The minimum Gasteiger partial charge on any atom is -0.367 e. The molecule has 0 bridgehead atoms. The summed E-state index contributed by atoms with van der Waals surface area (Å²) in [5.74, 6) is 1.82. The molecule has 1 aliphatic carbocycles. The summed E-state index contributed by atoms with van der Waals surface area (Å²) in [6.07, 6.45) is 9.60. The largest absolute Gasteiger partial charge is 0.367 e. The SMILES string of the molecule is CCN1CCC(Nc2nc(-c3cccnc3)nc3sc4c(c23)CCC4)CC1. The van der Waals surface area contributed by atoms with Gasteiger partial charge in [0.15, 0.2) is 5.82 Å². The smallest absolute Gasteiger partial charge is 0.164 e. The first-order valence-electron chi connectivity index (χ1n) is 10.0. The van der Waals surface area contributed by atoms with E-state index in [2.05, 4.69) is 22.1 Å². The van der Waals surface area contributed by atoms with Crippen molar-refractivity contribution >= 4 is 27.4 Å². The molecule has 1 saturated heterocycles. The Morgan fingerprint density at radius 1 is 1.22 bits per heavy atom. The second-order valence-electron chi connectivity index (χ2n) is 7.53. The maximum atomic E-state index is 4.98. The second kappa shape index (κ2) is 7.17. The molecule has 0 unspecified atom stereocenters. The molecule has 1 aliphatic heterocycles. The van der Waals surface area contributed by atoms with Gasteiger partial charge in [-0.25, -0.2) is 9.97 Å². The van der Waals surface area contributed by atoms with Crippen molar-refractivity contribution in [2.45, 2.75) is 45.1 Å². The monoisotopic (exact) mass is 379 g/mol. The van der Waals surface area contributed by atoms with Crippen molar-refractivity contribution in [3.05, 3.63) is 35.0 Å². The molecular formula is C21H25N5S. The van der Waals surface area contributed by atoms with Gasteiger partial charge in [0.05, 0.1) is 5.39 Å². The van der Waals surface area contributed by atoms with Gasteiger partial charge in [0.1, 0.15) is 10.6 Å². The Kier molecular flexibility index (Phi) is 4.53. The number of hydrogen-bond donors (Lipinski definition) is 1. The molecule has 1 N–H and O–H groups in total. The molecule has 0 amide bonds. The zero-order chi connectivity index (χ0) is 18.2. The van der Waals surface area contributed by atoms with Crippen molar-refractivity contribution in [1.82, 2.24) is 19.9 Å². The normalized spacial score (nSPS) is 18.1. The Bertz CT molecular complexity index is 944. The number of fused-ring (bicyclic) bond motifs is 3. The quantitative estimate of drug-likeness (QED) is 0.738. The van der Waals surface area contributed by atoms with E-state index < -0.39 is 0 Å². The molecule has 0 aromatic carbocycles. The van der Waals surface area contributed by atoms with E-state index in [4.69, 9.17) is 9.97 Å². The molecule has 0 radical (unpaired) electrons. The summed E-state index contributed by atoms with van der Waals surface area (Å²) in [4.78, 5) is 19.3. The molecule has 27 heavy (non-hydrogen) atoms. The van der Waals surface area contributed by atoms with Gasteiger partial charge >= 0.3 is 0 Å². The molecule has 0 spiro atoms. The Labute approximate surface area is 163 Å². The van der Waals surface area contributed by atoms with Crippen LogP contribution in [0.1, 0.15) is 36.6 Å². The number of nitrogens with zero attached hydrogens (tertiary/aromatic N) is 4. The lowest BCUT2D eigenvalue weighted by Gasteiger charge is -2.31. The van der Waals surface area contributed by atoms with E-state index in [1.165, 1.54) is 54.6 Å². The molecule has 0 saturated carbocycles. The van der Waals surface area contributed by atoms with Gasteiger partial charge in [-0.05, 0) is 56.3 Å². The summed E-state index contributed by atoms with van der Waals surface area (Å²) in [5, 5.41) is 5.08. The number of aromatic nitrogens is 3. The summed E-state index contributed by atoms with van der Waals surface area (Å²) in [5.41, 5.74) is 2.47. The minimum atomic E-state index is 0.490. The fourth-order valence-electron chi connectivity index (χ4n) is 4.31. The molecule has 6 heteroatoms. The van der Waals surface area contributed by atoms with Crippen molar-refractivity contribution in [2.75, 3.05) is 25.0 Å². The standard InChI is InChI=1S/C21H25N5S/c1-2-26-11-8-15(9-12-26)23-20-18-16-6-3-7-17(16)27-21(18)25-19(24-20)14-5-4-10-22-13-14/h4-5,10,13,15H,2-3,6-9,11-12H2,1H3,(H,23,24,25). The highest BCUT2D eigenvalue weighted by atomic mass is 32.1. The van der Waals surface area contributed by atoms with Gasteiger partial charge < -0.3 is 10.2 Å². The van der Waals surface area contributed by atoms with Crippen LogP contribution in [0.2, 0.25) is 0 Å². The highest BCUT2D eigenvalue weighted by molar-refractivity contribution is 7.19. The first-order valence-corrected chi connectivity index (χ1v) is 10.8. The van der Waals surface area contributed by atoms with E-state index in [9.17, 15) is 0 Å². The third-order valence-corrected chi connectivity index (χ3v) is 7.05.